The molecular weight excluding hydrogens is 234 g/mol. The molecule has 0 unspecified atom stereocenters. The zero-order valence-electron chi connectivity index (χ0n) is 7.85. The van der Waals surface area contributed by atoms with Crippen molar-refractivity contribution < 1.29 is 4.79 Å². The molecule has 7 nitrogen and oxygen atoms in total. The van der Waals surface area contributed by atoms with Gasteiger partial charge in [-0.3, -0.25) is 9.59 Å². The molecule has 0 aliphatic heterocycles. The maximum absolute atomic E-state index is 11.2. The Balaban J connectivity index is 2.55. The molecule has 0 aromatic carbocycles. The van der Waals surface area contributed by atoms with Crippen molar-refractivity contribution in [1.29, 1.82) is 0 Å². The van der Waals surface area contributed by atoms with Crippen molar-refractivity contribution >= 4 is 17.5 Å². The predicted octanol–water partition coefficient (Wildman–Crippen LogP) is -0.292. The number of hydrogen-bond acceptors (Lipinski definition) is 4. The Kier molecular flexibility index (Phi) is 2.45. The van der Waals surface area contributed by atoms with E-state index >= 15 is 0 Å². The maximum atomic E-state index is 11.2. The van der Waals surface area contributed by atoms with Crippen LogP contribution >= 0.6 is 11.6 Å². The first kappa shape index (κ1) is 10.4. The van der Waals surface area contributed by atoms with Gasteiger partial charge in [-0.1, -0.05) is 11.6 Å². The molecule has 2 heterocycles. The highest BCUT2D eigenvalue weighted by Crippen LogP contribution is 2.11. The number of aromatic nitrogens is 4. The summed E-state index contributed by atoms with van der Waals surface area (Å²) in [6, 6.07) is 1.40. The van der Waals surface area contributed by atoms with Crippen molar-refractivity contribution in [2.45, 2.75) is 0 Å². The summed E-state index contributed by atoms with van der Waals surface area (Å²) >= 11 is 5.73. The summed E-state index contributed by atoms with van der Waals surface area (Å²) in [4.78, 5) is 28.2. The quantitative estimate of drug-likeness (QED) is 0.751. The van der Waals surface area contributed by atoms with Crippen molar-refractivity contribution in [3.8, 4) is 5.82 Å². The molecule has 0 saturated carbocycles. The van der Waals surface area contributed by atoms with Crippen LogP contribution in [-0.4, -0.2) is 25.7 Å². The van der Waals surface area contributed by atoms with E-state index in [4.69, 9.17) is 17.3 Å². The second-order valence-electron chi connectivity index (χ2n) is 2.88. The second-order valence-corrected chi connectivity index (χ2v) is 3.26. The molecule has 16 heavy (non-hydrogen) atoms. The second kappa shape index (κ2) is 3.78. The SMILES string of the molecule is NC(=O)c1ccn(-c2nc[nH]c(=O)c2Cl)n1. The zero-order chi connectivity index (χ0) is 11.7. The highest BCUT2D eigenvalue weighted by molar-refractivity contribution is 6.31. The van der Waals surface area contributed by atoms with Crippen LogP contribution < -0.4 is 11.3 Å². The van der Waals surface area contributed by atoms with Crippen LogP contribution in [0.25, 0.3) is 5.82 Å². The molecule has 0 bridgehead atoms. The first-order valence-electron chi connectivity index (χ1n) is 4.18. The minimum atomic E-state index is -0.667. The molecule has 2 rings (SSSR count). The van der Waals surface area contributed by atoms with E-state index in [1.54, 1.807) is 0 Å². The molecule has 8 heteroatoms. The molecule has 0 aliphatic carbocycles. The van der Waals surface area contributed by atoms with Gasteiger partial charge in [0.2, 0.25) is 0 Å². The minimum absolute atomic E-state index is 0.0677. The lowest BCUT2D eigenvalue weighted by molar-refractivity contribution is 0.0995. The van der Waals surface area contributed by atoms with Crippen LogP contribution in [0.2, 0.25) is 5.02 Å². The van der Waals surface area contributed by atoms with E-state index in [0.29, 0.717) is 0 Å². The number of aromatic amines is 1. The van der Waals surface area contributed by atoms with Crippen LogP contribution in [0, 0.1) is 0 Å². The third-order valence-electron chi connectivity index (χ3n) is 1.84. The fourth-order valence-electron chi connectivity index (χ4n) is 1.11. The highest BCUT2D eigenvalue weighted by Gasteiger charge is 2.11. The number of H-pyrrole nitrogens is 1. The lowest BCUT2D eigenvalue weighted by Crippen LogP contribution is -2.14. The van der Waals surface area contributed by atoms with Gasteiger partial charge in [0, 0.05) is 6.20 Å². The first-order chi connectivity index (χ1) is 7.59. The summed E-state index contributed by atoms with van der Waals surface area (Å²) in [5, 5.41) is 3.71. The Morgan fingerprint density at radius 1 is 1.56 bits per heavy atom. The number of nitrogens with zero attached hydrogens (tertiary/aromatic N) is 3. The number of halogens is 1. The summed E-state index contributed by atoms with van der Waals surface area (Å²) in [5.74, 6) is -0.530. The molecule has 82 valence electrons. The van der Waals surface area contributed by atoms with E-state index in [-0.39, 0.29) is 16.5 Å². The third-order valence-corrected chi connectivity index (χ3v) is 2.18. The molecule has 0 atom stereocenters. The van der Waals surface area contributed by atoms with Gasteiger partial charge < -0.3 is 10.7 Å². The maximum Gasteiger partial charge on any atom is 0.271 e. The van der Waals surface area contributed by atoms with Gasteiger partial charge in [0.25, 0.3) is 11.5 Å². The van der Waals surface area contributed by atoms with Gasteiger partial charge in [-0.05, 0) is 6.07 Å². The predicted molar refractivity (Wildman–Crippen MR) is 55.5 cm³/mol. The molecule has 2 aromatic heterocycles. The van der Waals surface area contributed by atoms with Gasteiger partial charge >= 0.3 is 0 Å². The van der Waals surface area contributed by atoms with E-state index in [1.165, 1.54) is 23.3 Å². The van der Waals surface area contributed by atoms with E-state index in [0.717, 1.165) is 0 Å². The minimum Gasteiger partial charge on any atom is -0.364 e. The fourth-order valence-corrected chi connectivity index (χ4v) is 1.30. The van der Waals surface area contributed by atoms with E-state index in [1.807, 2.05) is 0 Å². The summed E-state index contributed by atoms with van der Waals surface area (Å²) in [6.45, 7) is 0. The molecule has 2 aromatic rings. The lowest BCUT2D eigenvalue weighted by atomic mass is 10.4. The number of carbonyl (C=O) groups is 1. The summed E-state index contributed by atoms with van der Waals surface area (Å²) in [6.07, 6.45) is 2.63. The summed E-state index contributed by atoms with van der Waals surface area (Å²) in [7, 11) is 0. The van der Waals surface area contributed by atoms with Gasteiger partial charge in [0.05, 0.1) is 6.33 Å². The molecule has 0 radical (unpaired) electrons. The Bertz CT molecular complexity index is 602. The largest absolute Gasteiger partial charge is 0.364 e. The van der Waals surface area contributed by atoms with Crippen molar-refractivity contribution in [3.05, 3.63) is 39.7 Å². The van der Waals surface area contributed by atoms with Gasteiger partial charge in [-0.2, -0.15) is 5.10 Å². The van der Waals surface area contributed by atoms with Crippen LogP contribution in [0.3, 0.4) is 0 Å². The van der Waals surface area contributed by atoms with Crippen molar-refractivity contribution in [1.82, 2.24) is 19.7 Å². The number of rotatable bonds is 2. The molecule has 0 saturated heterocycles. The number of hydrogen-bond donors (Lipinski definition) is 2. The van der Waals surface area contributed by atoms with Crippen molar-refractivity contribution in [2.75, 3.05) is 0 Å². The van der Waals surface area contributed by atoms with Crippen LogP contribution in [0.15, 0.2) is 23.4 Å². The highest BCUT2D eigenvalue weighted by atomic mass is 35.5. The third kappa shape index (κ3) is 1.68. The standard InChI is InChI=1S/C8H6ClN5O2/c9-5-7(11-3-12-8(5)16)14-2-1-4(13-14)6(10)15/h1-3H,(H2,10,15)(H,11,12,16). The molecule has 3 N–H and O–H groups in total. The number of amides is 1. The smallest absolute Gasteiger partial charge is 0.271 e. The van der Waals surface area contributed by atoms with Crippen molar-refractivity contribution in [3.63, 3.8) is 0 Å². The fraction of sp³-hybridized carbons (Fsp3) is 0. The normalized spacial score (nSPS) is 10.3. The molecular formula is C8H6ClN5O2. The summed E-state index contributed by atoms with van der Waals surface area (Å²) < 4.78 is 1.21. The first-order valence-corrected chi connectivity index (χ1v) is 4.56. The van der Waals surface area contributed by atoms with Gasteiger partial charge in [0.1, 0.15) is 5.69 Å². The van der Waals surface area contributed by atoms with Gasteiger partial charge in [0.15, 0.2) is 10.8 Å². The van der Waals surface area contributed by atoms with E-state index in [9.17, 15) is 9.59 Å². The van der Waals surface area contributed by atoms with E-state index < -0.39 is 11.5 Å². The lowest BCUT2D eigenvalue weighted by Gasteiger charge is -2.00. The van der Waals surface area contributed by atoms with Crippen LogP contribution in [0.5, 0.6) is 0 Å². The average molecular weight is 240 g/mol. The molecule has 1 amide bonds. The molecule has 0 fully saturated rings. The average Bonchev–Trinajstić information content (AvgIpc) is 2.71. The monoisotopic (exact) mass is 239 g/mol. The number of nitrogens with one attached hydrogen (secondary N) is 1. The van der Waals surface area contributed by atoms with Crippen LogP contribution in [0.4, 0.5) is 0 Å². The van der Waals surface area contributed by atoms with Gasteiger partial charge in [-0.25, -0.2) is 9.67 Å². The van der Waals surface area contributed by atoms with Crippen molar-refractivity contribution in [2.24, 2.45) is 5.73 Å². The van der Waals surface area contributed by atoms with Crippen LogP contribution in [-0.2, 0) is 0 Å². The number of carbonyl (C=O) groups excluding carboxylic acids is 1. The van der Waals surface area contributed by atoms with E-state index in [2.05, 4.69) is 15.1 Å². The van der Waals surface area contributed by atoms with Crippen LogP contribution in [0.1, 0.15) is 10.5 Å². The summed E-state index contributed by atoms with van der Waals surface area (Å²) in [5.41, 5.74) is 4.62. The number of primary amides is 1. The topological polar surface area (TPSA) is 107 Å². The zero-order valence-corrected chi connectivity index (χ0v) is 8.60. The molecule has 0 spiro atoms. The Morgan fingerprint density at radius 3 is 2.94 bits per heavy atom. The molecule has 0 aliphatic rings. The Hall–Kier alpha value is -2.15. The Morgan fingerprint density at radius 2 is 2.31 bits per heavy atom. The number of nitrogens with two attached hydrogens (primary N) is 1. The Labute approximate surface area is 93.9 Å². The van der Waals surface area contributed by atoms with Gasteiger partial charge in [-0.15, -0.1) is 0 Å².